The first-order chi connectivity index (χ1) is 12.6. The Kier molecular flexibility index (Phi) is 5.49. The molecule has 1 saturated heterocycles. The van der Waals surface area contributed by atoms with Gasteiger partial charge in [-0.2, -0.15) is 0 Å². The van der Waals surface area contributed by atoms with E-state index >= 15 is 0 Å². The molecule has 136 valence electrons. The van der Waals surface area contributed by atoms with Crippen LogP contribution in [0.15, 0.2) is 60.4 Å². The fraction of sp³-hybridized carbons (Fsp3) is 0.263. The molecule has 1 N–H and O–H groups in total. The number of ether oxygens (including phenoxy) is 2. The van der Waals surface area contributed by atoms with Gasteiger partial charge in [-0.3, -0.25) is 4.98 Å². The van der Waals surface area contributed by atoms with Crippen molar-refractivity contribution in [3.63, 3.8) is 0 Å². The van der Waals surface area contributed by atoms with Gasteiger partial charge in [0.05, 0.1) is 31.9 Å². The average Bonchev–Trinajstić information content (AvgIpc) is 2.99. The Morgan fingerprint density at radius 3 is 2.81 bits per heavy atom. The van der Waals surface area contributed by atoms with Gasteiger partial charge in [0.1, 0.15) is 0 Å². The topological polar surface area (TPSA) is 67.2 Å². The molecule has 3 rings (SSSR count). The molecule has 1 atom stereocenters. The summed E-state index contributed by atoms with van der Waals surface area (Å²) in [4.78, 5) is 10.6. The summed E-state index contributed by atoms with van der Waals surface area (Å²) in [6.07, 6.45) is 5.14. The van der Waals surface area contributed by atoms with Crippen molar-refractivity contribution in [3.8, 4) is 11.5 Å². The Hall–Kier alpha value is -2.51. The number of aliphatic hydroxyl groups is 1. The highest BCUT2D eigenvalue weighted by atomic mass is 32.2. The van der Waals surface area contributed by atoms with Crippen molar-refractivity contribution >= 4 is 22.6 Å². The Bertz CT molecular complexity index is 813. The van der Waals surface area contributed by atoms with E-state index in [0.29, 0.717) is 29.4 Å². The van der Waals surface area contributed by atoms with E-state index in [4.69, 9.17) is 9.47 Å². The second-order valence-corrected chi connectivity index (χ2v) is 6.62. The molecular weight excluding hydrogens is 350 g/mol. The molecule has 0 saturated carbocycles. The first kappa shape index (κ1) is 18.3. The van der Waals surface area contributed by atoms with Crippen molar-refractivity contribution in [2.75, 3.05) is 26.5 Å². The second kappa shape index (κ2) is 7.80. The molecule has 6 nitrogen and oxygen atoms in total. The fourth-order valence-electron chi connectivity index (χ4n) is 2.78. The largest absolute Gasteiger partial charge is 0.493 e. The first-order valence-electron chi connectivity index (χ1n) is 8.07. The van der Waals surface area contributed by atoms with Gasteiger partial charge in [-0.1, -0.05) is 23.9 Å². The molecule has 0 radical (unpaired) electrons. The summed E-state index contributed by atoms with van der Waals surface area (Å²) in [6.45, 7) is 4.27. The maximum absolute atomic E-state index is 11.4. The zero-order chi connectivity index (χ0) is 18.6. The van der Waals surface area contributed by atoms with E-state index in [9.17, 15) is 5.11 Å². The number of hydrogen-bond donors (Lipinski definition) is 1. The summed E-state index contributed by atoms with van der Waals surface area (Å²) in [6, 6.07) is 9.13. The molecule has 0 bridgehead atoms. The third-order valence-electron chi connectivity index (χ3n) is 4.11. The number of amidine groups is 1. The van der Waals surface area contributed by atoms with Crippen LogP contribution in [-0.4, -0.2) is 46.7 Å². The van der Waals surface area contributed by atoms with Crippen molar-refractivity contribution in [2.24, 2.45) is 4.99 Å². The highest BCUT2D eigenvalue weighted by molar-refractivity contribution is 8.14. The van der Waals surface area contributed by atoms with E-state index in [0.717, 1.165) is 10.9 Å². The van der Waals surface area contributed by atoms with Crippen molar-refractivity contribution < 1.29 is 14.6 Å². The van der Waals surface area contributed by atoms with Crippen molar-refractivity contribution in [1.29, 1.82) is 0 Å². The van der Waals surface area contributed by atoms with Crippen LogP contribution in [0.5, 0.6) is 11.5 Å². The third kappa shape index (κ3) is 3.40. The van der Waals surface area contributed by atoms with E-state index in [1.807, 2.05) is 23.1 Å². The van der Waals surface area contributed by atoms with Gasteiger partial charge in [-0.15, -0.1) is 6.58 Å². The Balaban J connectivity index is 2.00. The van der Waals surface area contributed by atoms with Gasteiger partial charge in [0.2, 0.25) is 0 Å². The summed E-state index contributed by atoms with van der Waals surface area (Å²) in [5, 5.41) is 12.2. The third-order valence-corrected chi connectivity index (χ3v) is 5.22. The lowest BCUT2D eigenvalue weighted by Gasteiger charge is -2.34. The lowest BCUT2D eigenvalue weighted by atomic mass is 10.0. The maximum atomic E-state index is 11.4. The van der Waals surface area contributed by atoms with E-state index in [1.165, 1.54) is 11.8 Å². The van der Waals surface area contributed by atoms with Gasteiger partial charge < -0.3 is 19.5 Å². The number of thioether (sulfide) groups is 1. The number of methoxy groups -OCH3 is 2. The maximum Gasteiger partial charge on any atom is 0.176 e. The SMILES string of the molecule is C=CCN1C(=Nc2cccnc2)SC[C@@]1(O)c1ccc(OC)c(OC)c1. The van der Waals surface area contributed by atoms with Gasteiger partial charge >= 0.3 is 0 Å². The fourth-order valence-corrected chi connectivity index (χ4v) is 3.99. The molecule has 1 aromatic heterocycles. The molecule has 0 unspecified atom stereocenters. The number of aliphatic imine (C=N–C) groups is 1. The summed E-state index contributed by atoms with van der Waals surface area (Å²) in [5.41, 5.74) is 0.223. The summed E-state index contributed by atoms with van der Waals surface area (Å²) < 4.78 is 10.7. The van der Waals surface area contributed by atoms with Gasteiger partial charge in [0.25, 0.3) is 0 Å². The van der Waals surface area contributed by atoms with E-state index in [2.05, 4.69) is 16.6 Å². The van der Waals surface area contributed by atoms with Crippen molar-refractivity contribution in [3.05, 3.63) is 60.9 Å². The van der Waals surface area contributed by atoms with Gasteiger partial charge in [-0.05, 0) is 24.3 Å². The number of aromatic nitrogens is 1. The number of hydrogen-bond acceptors (Lipinski definition) is 6. The zero-order valence-corrected chi connectivity index (χ0v) is 15.6. The highest BCUT2D eigenvalue weighted by Crippen LogP contribution is 2.42. The molecule has 0 spiro atoms. The monoisotopic (exact) mass is 371 g/mol. The van der Waals surface area contributed by atoms with Crippen LogP contribution in [0.2, 0.25) is 0 Å². The predicted octanol–water partition coefficient (Wildman–Crippen LogP) is 3.17. The van der Waals surface area contributed by atoms with Crippen LogP contribution in [0.4, 0.5) is 5.69 Å². The van der Waals surface area contributed by atoms with Gasteiger partial charge in [0, 0.05) is 18.3 Å². The molecule has 0 amide bonds. The quantitative estimate of drug-likeness (QED) is 0.787. The molecule has 1 fully saturated rings. The van der Waals surface area contributed by atoms with Crippen LogP contribution in [0.3, 0.4) is 0 Å². The van der Waals surface area contributed by atoms with Crippen molar-refractivity contribution in [2.45, 2.75) is 5.72 Å². The molecular formula is C19H21N3O3S. The Morgan fingerprint density at radius 1 is 1.35 bits per heavy atom. The van der Waals surface area contributed by atoms with Crippen LogP contribution in [0, 0.1) is 0 Å². The molecule has 7 heteroatoms. The van der Waals surface area contributed by atoms with E-state index in [1.54, 1.807) is 44.8 Å². The lowest BCUT2D eigenvalue weighted by molar-refractivity contribution is -0.0423. The number of benzene rings is 1. The van der Waals surface area contributed by atoms with Crippen LogP contribution < -0.4 is 9.47 Å². The molecule has 0 aliphatic carbocycles. The number of nitrogens with zero attached hydrogens (tertiary/aromatic N) is 3. The lowest BCUT2D eigenvalue weighted by Crippen LogP contribution is -2.45. The normalized spacial score (nSPS) is 21.0. The minimum Gasteiger partial charge on any atom is -0.493 e. The number of pyridine rings is 1. The summed E-state index contributed by atoms with van der Waals surface area (Å²) in [7, 11) is 3.16. The van der Waals surface area contributed by atoms with E-state index < -0.39 is 5.72 Å². The standard InChI is InChI=1S/C19H21N3O3S/c1-4-10-22-18(21-15-6-5-9-20-12-15)26-13-19(22,23)14-7-8-16(24-2)17(11-14)25-3/h4-9,11-12,23H,1,10,13H2,2-3H3/t19-/m1/s1. The first-order valence-corrected chi connectivity index (χ1v) is 9.06. The van der Waals surface area contributed by atoms with E-state index in [-0.39, 0.29) is 0 Å². The van der Waals surface area contributed by atoms with Crippen LogP contribution in [0.25, 0.3) is 0 Å². The minimum atomic E-state index is -1.22. The molecule has 26 heavy (non-hydrogen) atoms. The number of rotatable bonds is 6. The second-order valence-electron chi connectivity index (χ2n) is 5.68. The van der Waals surface area contributed by atoms with Crippen LogP contribution in [-0.2, 0) is 5.72 Å². The molecule has 1 aliphatic rings. The Morgan fingerprint density at radius 2 is 2.15 bits per heavy atom. The highest BCUT2D eigenvalue weighted by Gasteiger charge is 2.44. The van der Waals surface area contributed by atoms with Gasteiger partial charge in [-0.25, -0.2) is 4.99 Å². The molecule has 2 heterocycles. The molecule has 2 aromatic rings. The van der Waals surface area contributed by atoms with Crippen molar-refractivity contribution in [1.82, 2.24) is 9.88 Å². The molecule has 1 aliphatic heterocycles. The summed E-state index contributed by atoms with van der Waals surface area (Å²) in [5.74, 6) is 1.62. The molecule has 1 aromatic carbocycles. The summed E-state index contributed by atoms with van der Waals surface area (Å²) >= 11 is 1.49. The predicted molar refractivity (Wildman–Crippen MR) is 104 cm³/mol. The average molecular weight is 371 g/mol. The smallest absolute Gasteiger partial charge is 0.176 e. The van der Waals surface area contributed by atoms with Gasteiger partial charge in [0.15, 0.2) is 22.4 Å². The van der Waals surface area contributed by atoms with Crippen LogP contribution in [0.1, 0.15) is 5.56 Å². The minimum absolute atomic E-state index is 0.440. The zero-order valence-electron chi connectivity index (χ0n) is 14.8. The van der Waals surface area contributed by atoms with Crippen LogP contribution >= 0.6 is 11.8 Å². The Labute approximate surface area is 157 Å².